The monoisotopic (exact) mass is 259 g/mol. The molecule has 0 atom stereocenters. The van der Waals surface area contributed by atoms with E-state index in [9.17, 15) is 14.9 Å². The van der Waals surface area contributed by atoms with Gasteiger partial charge in [-0.3, -0.25) is 20.1 Å². The molecule has 0 amide bonds. The van der Waals surface area contributed by atoms with Gasteiger partial charge in [0.25, 0.3) is 5.69 Å². The van der Waals surface area contributed by atoms with Gasteiger partial charge in [-0.05, 0) is 19.1 Å². The molecule has 0 radical (unpaired) electrons. The van der Waals surface area contributed by atoms with Gasteiger partial charge in [-0.25, -0.2) is 4.79 Å². The normalized spacial score (nSPS) is 10.2. The van der Waals surface area contributed by atoms with E-state index in [0.29, 0.717) is 17.0 Å². The molecule has 0 unspecified atom stereocenters. The molecular formula is C12H9N3O4. The number of nitro groups is 1. The van der Waals surface area contributed by atoms with Gasteiger partial charge in [0, 0.05) is 23.5 Å². The van der Waals surface area contributed by atoms with Gasteiger partial charge >= 0.3 is 5.97 Å². The van der Waals surface area contributed by atoms with Crippen molar-refractivity contribution in [2.24, 2.45) is 0 Å². The largest absolute Gasteiger partial charge is 0.478 e. The van der Waals surface area contributed by atoms with Gasteiger partial charge in [0.15, 0.2) is 0 Å². The van der Waals surface area contributed by atoms with Crippen LogP contribution in [0.1, 0.15) is 16.1 Å². The molecule has 0 aliphatic heterocycles. The average molecular weight is 259 g/mol. The summed E-state index contributed by atoms with van der Waals surface area (Å²) in [6.45, 7) is 1.70. The van der Waals surface area contributed by atoms with Gasteiger partial charge in [-0.15, -0.1) is 0 Å². The van der Waals surface area contributed by atoms with Gasteiger partial charge in [-0.2, -0.15) is 0 Å². The van der Waals surface area contributed by atoms with Crippen molar-refractivity contribution in [3.05, 3.63) is 52.0 Å². The Balaban J connectivity index is 2.48. The van der Waals surface area contributed by atoms with Crippen molar-refractivity contribution in [3.8, 4) is 11.3 Å². The first-order valence-corrected chi connectivity index (χ1v) is 5.30. The summed E-state index contributed by atoms with van der Waals surface area (Å²) in [6.07, 6.45) is 2.38. The van der Waals surface area contributed by atoms with Gasteiger partial charge in [0.1, 0.15) is 6.20 Å². The molecule has 0 aliphatic carbocycles. The fourth-order valence-corrected chi connectivity index (χ4v) is 1.56. The van der Waals surface area contributed by atoms with Crippen molar-refractivity contribution in [3.63, 3.8) is 0 Å². The Morgan fingerprint density at radius 2 is 2.05 bits per heavy atom. The van der Waals surface area contributed by atoms with E-state index in [1.54, 1.807) is 6.92 Å². The molecule has 96 valence electrons. The van der Waals surface area contributed by atoms with Gasteiger partial charge in [0.2, 0.25) is 0 Å². The lowest BCUT2D eigenvalue weighted by Crippen LogP contribution is -1.98. The van der Waals surface area contributed by atoms with Crippen LogP contribution in [0.15, 0.2) is 30.6 Å². The number of pyridine rings is 2. The second kappa shape index (κ2) is 4.81. The molecule has 2 aromatic heterocycles. The van der Waals surface area contributed by atoms with Crippen molar-refractivity contribution in [1.82, 2.24) is 9.97 Å². The van der Waals surface area contributed by atoms with E-state index in [0.717, 1.165) is 0 Å². The second-order valence-electron chi connectivity index (χ2n) is 3.82. The molecule has 0 fully saturated rings. The molecule has 0 spiro atoms. The van der Waals surface area contributed by atoms with Crippen LogP contribution in [-0.4, -0.2) is 26.0 Å². The minimum absolute atomic E-state index is 0.0554. The summed E-state index contributed by atoms with van der Waals surface area (Å²) >= 11 is 0. The molecule has 1 N–H and O–H groups in total. The molecule has 2 rings (SSSR count). The summed E-state index contributed by atoms with van der Waals surface area (Å²) in [6, 6.07) is 4.26. The van der Waals surface area contributed by atoms with Crippen LogP contribution < -0.4 is 0 Å². The Morgan fingerprint density at radius 1 is 1.32 bits per heavy atom. The molecule has 0 bridgehead atoms. The third kappa shape index (κ3) is 2.54. The Kier molecular flexibility index (Phi) is 3.19. The number of carbonyl (C=O) groups is 1. The highest BCUT2D eigenvalue weighted by atomic mass is 16.6. The molecule has 0 saturated heterocycles. The summed E-state index contributed by atoms with van der Waals surface area (Å²) in [4.78, 5) is 28.8. The standard InChI is InChI=1S/C12H9N3O4/c1-7-10(4-9(6-13-7)15(18)19)11-3-2-8(5-14-11)12(16)17/h2-6H,1H3,(H,16,17). The van der Waals surface area contributed by atoms with Crippen molar-refractivity contribution in [1.29, 1.82) is 0 Å². The number of aryl methyl sites for hydroxylation is 1. The second-order valence-corrected chi connectivity index (χ2v) is 3.82. The highest BCUT2D eigenvalue weighted by Gasteiger charge is 2.13. The van der Waals surface area contributed by atoms with Gasteiger partial charge < -0.3 is 5.11 Å². The van der Waals surface area contributed by atoms with Crippen LogP contribution in [0.5, 0.6) is 0 Å². The van der Waals surface area contributed by atoms with Crippen LogP contribution >= 0.6 is 0 Å². The molecular weight excluding hydrogens is 250 g/mol. The van der Waals surface area contributed by atoms with Crippen molar-refractivity contribution < 1.29 is 14.8 Å². The summed E-state index contributed by atoms with van der Waals surface area (Å²) < 4.78 is 0. The molecule has 0 aromatic carbocycles. The Labute approximate surface area is 107 Å². The van der Waals surface area contributed by atoms with Crippen LogP contribution in [0.3, 0.4) is 0 Å². The molecule has 2 aromatic rings. The maximum atomic E-state index is 10.7. The predicted molar refractivity (Wildman–Crippen MR) is 65.8 cm³/mol. The zero-order chi connectivity index (χ0) is 14.0. The SMILES string of the molecule is Cc1ncc([N+](=O)[O-])cc1-c1ccc(C(=O)O)cn1. The number of aromatic nitrogens is 2. The number of aromatic carboxylic acids is 1. The zero-order valence-corrected chi connectivity index (χ0v) is 9.90. The number of hydrogen-bond donors (Lipinski definition) is 1. The number of nitrogens with zero attached hydrogens (tertiary/aromatic N) is 3. The van der Waals surface area contributed by atoms with Crippen LogP contribution in [0, 0.1) is 17.0 Å². The van der Waals surface area contributed by atoms with E-state index in [1.165, 1.54) is 30.6 Å². The van der Waals surface area contributed by atoms with Crippen molar-refractivity contribution in [2.75, 3.05) is 0 Å². The first-order valence-electron chi connectivity index (χ1n) is 5.30. The summed E-state index contributed by atoms with van der Waals surface area (Å²) in [5.41, 5.74) is 1.45. The van der Waals surface area contributed by atoms with E-state index in [-0.39, 0.29) is 11.3 Å². The first kappa shape index (κ1) is 12.6. The van der Waals surface area contributed by atoms with E-state index >= 15 is 0 Å². The Bertz CT molecular complexity index is 653. The quantitative estimate of drug-likeness (QED) is 0.667. The van der Waals surface area contributed by atoms with Crippen LogP contribution in [0.4, 0.5) is 5.69 Å². The lowest BCUT2D eigenvalue weighted by molar-refractivity contribution is -0.385. The fourth-order valence-electron chi connectivity index (χ4n) is 1.56. The lowest BCUT2D eigenvalue weighted by Gasteiger charge is -2.04. The van der Waals surface area contributed by atoms with E-state index < -0.39 is 10.9 Å². The molecule has 7 nitrogen and oxygen atoms in total. The fraction of sp³-hybridized carbons (Fsp3) is 0.0833. The maximum absolute atomic E-state index is 10.7. The summed E-state index contributed by atoms with van der Waals surface area (Å²) in [5.74, 6) is -1.08. The predicted octanol–water partition coefficient (Wildman–Crippen LogP) is 2.06. The van der Waals surface area contributed by atoms with Crippen LogP contribution in [0.2, 0.25) is 0 Å². The maximum Gasteiger partial charge on any atom is 0.337 e. The third-order valence-electron chi connectivity index (χ3n) is 2.57. The van der Waals surface area contributed by atoms with E-state index in [2.05, 4.69) is 9.97 Å². The van der Waals surface area contributed by atoms with Crippen molar-refractivity contribution >= 4 is 11.7 Å². The highest BCUT2D eigenvalue weighted by Crippen LogP contribution is 2.24. The van der Waals surface area contributed by atoms with Gasteiger partial charge in [0.05, 0.1) is 16.2 Å². The minimum atomic E-state index is -1.08. The minimum Gasteiger partial charge on any atom is -0.478 e. The van der Waals surface area contributed by atoms with Crippen molar-refractivity contribution in [2.45, 2.75) is 6.92 Å². The van der Waals surface area contributed by atoms with Gasteiger partial charge in [-0.1, -0.05) is 0 Å². The third-order valence-corrected chi connectivity index (χ3v) is 2.57. The Morgan fingerprint density at radius 3 is 2.58 bits per heavy atom. The zero-order valence-electron chi connectivity index (χ0n) is 9.90. The number of hydrogen-bond acceptors (Lipinski definition) is 5. The number of rotatable bonds is 3. The van der Waals surface area contributed by atoms with Crippen LogP contribution in [0.25, 0.3) is 11.3 Å². The molecule has 19 heavy (non-hydrogen) atoms. The lowest BCUT2D eigenvalue weighted by atomic mass is 10.1. The smallest absolute Gasteiger partial charge is 0.337 e. The highest BCUT2D eigenvalue weighted by molar-refractivity contribution is 5.87. The molecule has 0 aliphatic rings. The molecule has 2 heterocycles. The molecule has 0 saturated carbocycles. The number of carboxylic acids is 1. The summed E-state index contributed by atoms with van der Waals surface area (Å²) in [5, 5.41) is 19.5. The van der Waals surface area contributed by atoms with Crippen LogP contribution in [-0.2, 0) is 0 Å². The Hall–Kier alpha value is -2.83. The first-order chi connectivity index (χ1) is 8.99. The van der Waals surface area contributed by atoms with E-state index in [4.69, 9.17) is 5.11 Å². The summed E-state index contributed by atoms with van der Waals surface area (Å²) in [7, 11) is 0. The van der Waals surface area contributed by atoms with E-state index in [1.807, 2.05) is 0 Å². The topological polar surface area (TPSA) is 106 Å². The molecule has 7 heteroatoms. The number of carboxylic acid groups (broad SMARTS) is 1. The average Bonchev–Trinajstić information content (AvgIpc) is 2.39.